The molecule has 206 valence electrons. The Morgan fingerprint density at radius 3 is 1.56 bits per heavy atom. The first-order valence-electron chi connectivity index (χ1n) is 12.1. The lowest BCUT2D eigenvalue weighted by atomic mass is 10.2. The minimum absolute atomic E-state index is 0.00971. The van der Waals surface area contributed by atoms with Gasteiger partial charge in [0, 0.05) is 12.8 Å². The Labute approximate surface area is 224 Å². The maximum absolute atomic E-state index is 11.9. The van der Waals surface area contributed by atoms with Crippen molar-refractivity contribution < 1.29 is 48.1 Å². The molecule has 0 bridgehead atoms. The van der Waals surface area contributed by atoms with Crippen LogP contribution in [0, 0.1) is 0 Å². The van der Waals surface area contributed by atoms with Crippen LogP contribution in [0.15, 0.2) is 60.7 Å². The van der Waals surface area contributed by atoms with E-state index in [0.29, 0.717) is 4.90 Å². The van der Waals surface area contributed by atoms with Crippen LogP contribution in [0.3, 0.4) is 0 Å². The van der Waals surface area contributed by atoms with E-state index < -0.39 is 48.0 Å². The summed E-state index contributed by atoms with van der Waals surface area (Å²) in [6, 6.07) is 16.1. The van der Waals surface area contributed by atoms with E-state index in [4.69, 9.17) is 14.6 Å². The summed E-state index contributed by atoms with van der Waals surface area (Å²) >= 11 is 0. The van der Waals surface area contributed by atoms with E-state index >= 15 is 0 Å². The van der Waals surface area contributed by atoms with E-state index in [9.17, 15) is 28.8 Å². The number of rotatable bonds is 6. The van der Waals surface area contributed by atoms with Crippen molar-refractivity contribution in [3.05, 3.63) is 71.8 Å². The smallest absolute Gasteiger partial charge is 0.417 e. The molecule has 2 saturated heterocycles. The van der Waals surface area contributed by atoms with Crippen molar-refractivity contribution >= 4 is 35.9 Å². The van der Waals surface area contributed by atoms with Crippen LogP contribution in [0.25, 0.3) is 0 Å². The second kappa shape index (κ2) is 13.7. The molecule has 2 atom stereocenters. The summed E-state index contributed by atoms with van der Waals surface area (Å²) < 4.78 is 14.6. The van der Waals surface area contributed by atoms with E-state index in [-0.39, 0.29) is 38.9 Å². The number of benzene rings is 2. The quantitative estimate of drug-likeness (QED) is 0.427. The standard InChI is InChI=1S/C14H15NO5.C13H13NO5/c1-19-13(17)11-7-8-12(16)15(11)14(18)20-9-10-5-3-2-4-6-10;15-11-7-6-10(12(16)17)14(11)13(18)19-8-9-4-2-1-3-5-9/h2-6,11H,7-9H2,1H3;1-5,10H,6-8H2,(H,16,17). The van der Waals surface area contributed by atoms with Crippen LogP contribution in [0.2, 0.25) is 0 Å². The van der Waals surface area contributed by atoms with Crippen LogP contribution >= 0.6 is 0 Å². The van der Waals surface area contributed by atoms with Crippen molar-refractivity contribution in [2.45, 2.75) is 51.0 Å². The highest BCUT2D eigenvalue weighted by molar-refractivity contribution is 6.00. The molecule has 4 amide bonds. The molecule has 39 heavy (non-hydrogen) atoms. The summed E-state index contributed by atoms with van der Waals surface area (Å²) in [6.07, 6.45) is -1.12. The molecule has 1 N–H and O–H groups in total. The highest BCUT2D eigenvalue weighted by Gasteiger charge is 2.42. The molecule has 0 aromatic heterocycles. The number of nitrogens with zero attached hydrogens (tertiary/aromatic N) is 2. The number of carboxylic acids is 1. The van der Waals surface area contributed by atoms with Gasteiger partial charge in [0.25, 0.3) is 0 Å². The van der Waals surface area contributed by atoms with Gasteiger partial charge in [0.1, 0.15) is 25.3 Å². The maximum Gasteiger partial charge on any atom is 0.417 e. The molecule has 2 unspecified atom stereocenters. The molecular weight excluding hydrogens is 512 g/mol. The number of hydrogen-bond donors (Lipinski definition) is 1. The minimum Gasteiger partial charge on any atom is -0.480 e. The second-order valence-corrected chi connectivity index (χ2v) is 8.58. The Morgan fingerprint density at radius 2 is 1.15 bits per heavy atom. The number of imide groups is 2. The van der Waals surface area contributed by atoms with Crippen LogP contribution in [0.4, 0.5) is 9.59 Å². The molecule has 0 spiro atoms. The number of hydrogen-bond acceptors (Lipinski definition) is 9. The number of aliphatic carboxylic acids is 1. The maximum atomic E-state index is 11.9. The number of methoxy groups -OCH3 is 1. The highest BCUT2D eigenvalue weighted by atomic mass is 16.6. The highest BCUT2D eigenvalue weighted by Crippen LogP contribution is 2.22. The van der Waals surface area contributed by atoms with Crippen LogP contribution < -0.4 is 0 Å². The topological polar surface area (TPSA) is 157 Å². The van der Waals surface area contributed by atoms with Crippen LogP contribution in [0.1, 0.15) is 36.8 Å². The molecule has 2 aliphatic heterocycles. The van der Waals surface area contributed by atoms with Crippen molar-refractivity contribution in [1.82, 2.24) is 9.80 Å². The first-order valence-corrected chi connectivity index (χ1v) is 12.1. The van der Waals surface area contributed by atoms with Crippen molar-refractivity contribution in [3.8, 4) is 0 Å². The molecule has 2 aromatic carbocycles. The van der Waals surface area contributed by atoms with Gasteiger partial charge in [-0.3, -0.25) is 9.59 Å². The van der Waals surface area contributed by atoms with Crippen molar-refractivity contribution in [3.63, 3.8) is 0 Å². The Balaban J connectivity index is 0.000000216. The van der Waals surface area contributed by atoms with Crippen molar-refractivity contribution in [1.29, 1.82) is 0 Å². The lowest BCUT2D eigenvalue weighted by Crippen LogP contribution is -2.43. The van der Waals surface area contributed by atoms with Crippen molar-refractivity contribution in [2.75, 3.05) is 7.11 Å². The normalized spacial score (nSPS) is 18.2. The Kier molecular flexibility index (Phi) is 10.1. The predicted molar refractivity (Wildman–Crippen MR) is 133 cm³/mol. The zero-order valence-corrected chi connectivity index (χ0v) is 21.2. The van der Waals surface area contributed by atoms with Gasteiger partial charge in [-0.05, 0) is 24.0 Å². The fraction of sp³-hybridized carbons (Fsp3) is 0.333. The van der Waals surface area contributed by atoms with Gasteiger partial charge in [0.2, 0.25) is 11.8 Å². The number of amides is 4. The van der Waals surface area contributed by atoms with E-state index in [2.05, 4.69) is 4.74 Å². The van der Waals surface area contributed by atoms with Gasteiger partial charge in [0.15, 0.2) is 0 Å². The van der Waals surface area contributed by atoms with E-state index in [1.54, 1.807) is 36.4 Å². The average Bonchev–Trinajstić information content (AvgIpc) is 3.54. The zero-order valence-electron chi connectivity index (χ0n) is 21.2. The molecule has 4 rings (SSSR count). The Bertz CT molecular complexity index is 1200. The van der Waals surface area contributed by atoms with Crippen molar-refractivity contribution in [2.24, 2.45) is 0 Å². The summed E-state index contributed by atoms with van der Waals surface area (Å²) in [6.45, 7) is 0.0626. The predicted octanol–water partition coefficient (Wildman–Crippen LogP) is 2.89. The fourth-order valence-corrected chi connectivity index (χ4v) is 4.00. The van der Waals surface area contributed by atoms with Gasteiger partial charge in [-0.1, -0.05) is 60.7 Å². The molecule has 12 heteroatoms. The van der Waals surface area contributed by atoms with Crippen LogP contribution in [-0.2, 0) is 46.6 Å². The molecule has 2 heterocycles. The summed E-state index contributed by atoms with van der Waals surface area (Å²) in [5.74, 6) is -2.72. The van der Waals surface area contributed by atoms with Gasteiger partial charge >= 0.3 is 24.1 Å². The molecule has 2 aromatic rings. The minimum atomic E-state index is -1.19. The fourth-order valence-electron chi connectivity index (χ4n) is 4.00. The van der Waals surface area contributed by atoms with E-state index in [1.807, 2.05) is 24.3 Å². The third kappa shape index (κ3) is 7.63. The molecule has 12 nitrogen and oxygen atoms in total. The van der Waals surface area contributed by atoms with Crippen LogP contribution in [0.5, 0.6) is 0 Å². The molecule has 0 aliphatic carbocycles. The van der Waals surface area contributed by atoms with E-state index in [1.165, 1.54) is 7.11 Å². The van der Waals surface area contributed by atoms with Gasteiger partial charge < -0.3 is 19.3 Å². The summed E-state index contributed by atoms with van der Waals surface area (Å²) in [5, 5.41) is 8.93. The van der Waals surface area contributed by atoms with Gasteiger partial charge in [-0.15, -0.1) is 0 Å². The average molecular weight is 541 g/mol. The SMILES string of the molecule is COC(=O)C1CCC(=O)N1C(=O)OCc1ccccc1.O=C(O)C1CCC(=O)N1C(=O)OCc1ccccc1. The summed E-state index contributed by atoms with van der Waals surface area (Å²) in [4.78, 5) is 70.9. The number of esters is 1. The summed E-state index contributed by atoms with van der Waals surface area (Å²) in [5.41, 5.74) is 1.58. The molecule has 2 aliphatic rings. The van der Waals surface area contributed by atoms with Gasteiger partial charge in [0.05, 0.1) is 7.11 Å². The number of carboxylic acid groups (broad SMARTS) is 1. The van der Waals surface area contributed by atoms with Gasteiger partial charge in [-0.25, -0.2) is 29.0 Å². The largest absolute Gasteiger partial charge is 0.480 e. The number of ether oxygens (including phenoxy) is 3. The molecule has 0 radical (unpaired) electrons. The van der Waals surface area contributed by atoms with Crippen LogP contribution in [-0.4, -0.2) is 70.0 Å². The summed E-state index contributed by atoms with van der Waals surface area (Å²) in [7, 11) is 1.22. The molecule has 2 fully saturated rings. The first-order chi connectivity index (χ1) is 18.7. The first kappa shape index (κ1) is 28.8. The third-order valence-corrected chi connectivity index (χ3v) is 5.99. The van der Waals surface area contributed by atoms with Gasteiger partial charge in [-0.2, -0.15) is 0 Å². The second-order valence-electron chi connectivity index (χ2n) is 8.58. The Hall–Kier alpha value is -4.74. The number of carbonyl (C=O) groups is 6. The molecular formula is C27H28N2O10. The zero-order chi connectivity index (χ0) is 28.4. The third-order valence-electron chi connectivity index (χ3n) is 5.99. The number of likely N-dealkylation sites (tertiary alicyclic amines) is 2. The monoisotopic (exact) mass is 540 g/mol. The lowest BCUT2D eigenvalue weighted by Gasteiger charge is -2.20. The molecule has 0 saturated carbocycles. The number of carbonyl (C=O) groups excluding carboxylic acids is 5. The Morgan fingerprint density at radius 1 is 0.744 bits per heavy atom. The lowest BCUT2D eigenvalue weighted by molar-refractivity contribution is -0.148. The van der Waals surface area contributed by atoms with E-state index in [0.717, 1.165) is 16.0 Å².